The molecule has 0 aliphatic rings. The van der Waals surface area contributed by atoms with Crippen molar-refractivity contribution in [1.82, 2.24) is 0 Å². The molecule has 0 saturated heterocycles. The molecule has 2 N–H and O–H groups in total. The summed E-state index contributed by atoms with van der Waals surface area (Å²) in [6.07, 6.45) is -4.29. The summed E-state index contributed by atoms with van der Waals surface area (Å²) in [6, 6.07) is 3.37. The van der Waals surface area contributed by atoms with Gasteiger partial charge >= 0.3 is 6.18 Å². The standard InChI is InChI=1S/C9H10F3NS/c1-2-14-8-5-6(9(10,11)12)3-4-7(8)13/h3-5H,2,13H2,1H3. The van der Waals surface area contributed by atoms with Crippen molar-refractivity contribution >= 4 is 17.4 Å². The maximum absolute atomic E-state index is 12.3. The third-order valence-corrected chi connectivity index (χ3v) is 2.59. The maximum Gasteiger partial charge on any atom is 0.416 e. The van der Waals surface area contributed by atoms with Gasteiger partial charge < -0.3 is 5.73 Å². The number of nitrogen functional groups attached to an aromatic ring is 1. The average molecular weight is 221 g/mol. The molecule has 0 spiro atoms. The summed E-state index contributed by atoms with van der Waals surface area (Å²) in [6.45, 7) is 1.87. The van der Waals surface area contributed by atoms with Crippen LogP contribution in [-0.2, 0) is 6.18 Å². The lowest BCUT2D eigenvalue weighted by Gasteiger charge is -2.09. The summed E-state index contributed by atoms with van der Waals surface area (Å²) in [5.41, 5.74) is 5.27. The van der Waals surface area contributed by atoms with Crippen molar-refractivity contribution in [2.45, 2.75) is 18.0 Å². The summed E-state index contributed by atoms with van der Waals surface area (Å²) in [4.78, 5) is 0.488. The van der Waals surface area contributed by atoms with E-state index in [9.17, 15) is 13.2 Å². The monoisotopic (exact) mass is 221 g/mol. The average Bonchev–Trinajstić information content (AvgIpc) is 2.07. The molecular formula is C9H10F3NS. The number of benzene rings is 1. The van der Waals surface area contributed by atoms with Gasteiger partial charge in [-0.1, -0.05) is 6.92 Å². The van der Waals surface area contributed by atoms with Gasteiger partial charge in [-0.25, -0.2) is 0 Å². The molecule has 0 heterocycles. The fourth-order valence-electron chi connectivity index (χ4n) is 0.991. The van der Waals surface area contributed by atoms with E-state index in [0.717, 1.165) is 12.1 Å². The number of hydrogen-bond donors (Lipinski definition) is 1. The van der Waals surface area contributed by atoms with E-state index in [1.54, 1.807) is 0 Å². The van der Waals surface area contributed by atoms with Gasteiger partial charge in [-0.15, -0.1) is 11.8 Å². The minimum absolute atomic E-state index is 0.393. The highest BCUT2D eigenvalue weighted by atomic mass is 32.2. The summed E-state index contributed by atoms with van der Waals surface area (Å²) in [7, 11) is 0. The zero-order valence-corrected chi connectivity index (χ0v) is 8.38. The van der Waals surface area contributed by atoms with Crippen molar-refractivity contribution in [1.29, 1.82) is 0 Å². The van der Waals surface area contributed by atoms with E-state index in [-0.39, 0.29) is 0 Å². The van der Waals surface area contributed by atoms with E-state index in [4.69, 9.17) is 5.73 Å². The van der Waals surface area contributed by atoms with E-state index < -0.39 is 11.7 Å². The van der Waals surface area contributed by atoms with Gasteiger partial charge in [0.2, 0.25) is 0 Å². The van der Waals surface area contributed by atoms with Gasteiger partial charge in [0.25, 0.3) is 0 Å². The topological polar surface area (TPSA) is 26.0 Å². The Morgan fingerprint density at radius 1 is 1.36 bits per heavy atom. The lowest BCUT2D eigenvalue weighted by atomic mass is 10.2. The van der Waals surface area contributed by atoms with Crippen LogP contribution >= 0.6 is 11.8 Å². The van der Waals surface area contributed by atoms with Crippen LogP contribution in [0.4, 0.5) is 18.9 Å². The molecule has 0 bridgehead atoms. The predicted octanol–water partition coefficient (Wildman–Crippen LogP) is 3.40. The number of hydrogen-bond acceptors (Lipinski definition) is 2. The Labute approximate surface area is 84.5 Å². The highest BCUT2D eigenvalue weighted by molar-refractivity contribution is 7.99. The van der Waals surface area contributed by atoms with E-state index >= 15 is 0 Å². The molecule has 0 fully saturated rings. The first-order valence-electron chi connectivity index (χ1n) is 4.04. The van der Waals surface area contributed by atoms with Crippen LogP contribution in [0.5, 0.6) is 0 Å². The molecule has 1 nitrogen and oxygen atoms in total. The van der Waals surface area contributed by atoms with Crippen molar-refractivity contribution in [2.75, 3.05) is 11.5 Å². The first kappa shape index (κ1) is 11.2. The number of alkyl halides is 3. The fourth-order valence-corrected chi connectivity index (χ4v) is 1.75. The van der Waals surface area contributed by atoms with Gasteiger partial charge in [0.05, 0.1) is 5.56 Å². The summed E-state index contributed by atoms with van der Waals surface area (Å²) in [5, 5.41) is 0. The molecule has 5 heteroatoms. The molecule has 0 aliphatic carbocycles. The highest BCUT2D eigenvalue weighted by Gasteiger charge is 2.30. The summed E-state index contributed by atoms with van der Waals surface area (Å²) < 4.78 is 36.9. The van der Waals surface area contributed by atoms with Crippen molar-refractivity contribution in [3.8, 4) is 0 Å². The molecule has 0 atom stereocenters. The molecule has 78 valence electrons. The molecule has 1 aromatic rings. The van der Waals surface area contributed by atoms with Gasteiger partial charge in [-0.3, -0.25) is 0 Å². The summed E-state index contributed by atoms with van der Waals surface area (Å²) >= 11 is 1.31. The number of nitrogens with two attached hydrogens (primary N) is 1. The first-order valence-corrected chi connectivity index (χ1v) is 5.03. The van der Waals surface area contributed by atoms with E-state index in [1.165, 1.54) is 17.8 Å². The molecule has 0 radical (unpaired) electrons. The number of thioether (sulfide) groups is 1. The van der Waals surface area contributed by atoms with Gasteiger partial charge in [0, 0.05) is 10.6 Å². The van der Waals surface area contributed by atoms with E-state index in [0.29, 0.717) is 16.3 Å². The van der Waals surface area contributed by atoms with Crippen LogP contribution in [0.2, 0.25) is 0 Å². The molecule has 0 unspecified atom stereocenters. The van der Waals surface area contributed by atoms with Crippen molar-refractivity contribution < 1.29 is 13.2 Å². The third-order valence-electron chi connectivity index (χ3n) is 1.64. The van der Waals surface area contributed by atoms with Crippen LogP contribution in [0.3, 0.4) is 0 Å². The Kier molecular flexibility index (Phi) is 3.31. The second-order valence-corrected chi connectivity index (χ2v) is 3.99. The van der Waals surface area contributed by atoms with Crippen molar-refractivity contribution in [2.24, 2.45) is 0 Å². The molecule has 0 saturated carbocycles. The molecular weight excluding hydrogens is 211 g/mol. The van der Waals surface area contributed by atoms with Crippen LogP contribution in [0.25, 0.3) is 0 Å². The molecule has 0 amide bonds. The Morgan fingerprint density at radius 3 is 2.50 bits per heavy atom. The van der Waals surface area contributed by atoms with Gasteiger partial charge in [0.15, 0.2) is 0 Å². The fraction of sp³-hybridized carbons (Fsp3) is 0.333. The molecule has 1 aromatic carbocycles. The maximum atomic E-state index is 12.3. The van der Waals surface area contributed by atoms with Gasteiger partial charge in [-0.2, -0.15) is 13.2 Å². The molecule has 0 aromatic heterocycles. The van der Waals surface area contributed by atoms with Gasteiger partial charge in [0.1, 0.15) is 0 Å². The number of anilines is 1. The quantitative estimate of drug-likeness (QED) is 0.611. The number of halogens is 3. The smallest absolute Gasteiger partial charge is 0.398 e. The lowest BCUT2D eigenvalue weighted by molar-refractivity contribution is -0.137. The van der Waals surface area contributed by atoms with E-state index in [2.05, 4.69) is 0 Å². The van der Waals surface area contributed by atoms with Crippen molar-refractivity contribution in [3.05, 3.63) is 23.8 Å². The predicted molar refractivity (Wildman–Crippen MR) is 52.3 cm³/mol. The van der Waals surface area contributed by atoms with Crippen LogP contribution in [0, 0.1) is 0 Å². The zero-order chi connectivity index (χ0) is 10.8. The SMILES string of the molecule is CCSc1cc(C(F)(F)F)ccc1N. The second kappa shape index (κ2) is 4.13. The minimum Gasteiger partial charge on any atom is -0.398 e. The zero-order valence-electron chi connectivity index (χ0n) is 7.56. The Hall–Kier alpha value is -0.840. The highest BCUT2D eigenvalue weighted by Crippen LogP contribution is 2.34. The van der Waals surface area contributed by atoms with Gasteiger partial charge in [-0.05, 0) is 24.0 Å². The Bertz CT molecular complexity index is 322. The lowest BCUT2D eigenvalue weighted by Crippen LogP contribution is -2.05. The van der Waals surface area contributed by atoms with Crippen LogP contribution in [-0.4, -0.2) is 5.75 Å². The molecule has 14 heavy (non-hydrogen) atoms. The molecule has 1 rings (SSSR count). The van der Waals surface area contributed by atoms with Crippen LogP contribution in [0.15, 0.2) is 23.1 Å². The third kappa shape index (κ3) is 2.57. The normalized spacial score (nSPS) is 11.7. The van der Waals surface area contributed by atoms with Crippen molar-refractivity contribution in [3.63, 3.8) is 0 Å². The first-order chi connectivity index (χ1) is 6.45. The largest absolute Gasteiger partial charge is 0.416 e. The number of rotatable bonds is 2. The van der Waals surface area contributed by atoms with Crippen LogP contribution < -0.4 is 5.73 Å². The van der Waals surface area contributed by atoms with Crippen LogP contribution in [0.1, 0.15) is 12.5 Å². The Balaban J connectivity index is 3.06. The second-order valence-electron chi connectivity index (χ2n) is 2.68. The van der Waals surface area contributed by atoms with E-state index in [1.807, 2.05) is 6.92 Å². The minimum atomic E-state index is -4.29. The Morgan fingerprint density at radius 2 is 2.00 bits per heavy atom. The molecule has 0 aliphatic heterocycles. The summed E-state index contributed by atoms with van der Waals surface area (Å²) in [5.74, 6) is 0.700.